The predicted molar refractivity (Wildman–Crippen MR) is 84.6 cm³/mol. The molecule has 2 N–H and O–H groups in total. The van der Waals surface area contributed by atoms with Gasteiger partial charge < -0.3 is 15.4 Å². The molecule has 1 aliphatic rings. The number of nitrogens with one attached hydrogen (secondary N) is 2. The second-order valence-corrected chi connectivity index (χ2v) is 7.71. The van der Waals surface area contributed by atoms with Crippen LogP contribution in [-0.4, -0.2) is 74.7 Å². The molecule has 23 heavy (non-hydrogen) atoms. The fourth-order valence-corrected chi connectivity index (χ4v) is 3.34. The van der Waals surface area contributed by atoms with E-state index in [4.69, 9.17) is 4.74 Å². The second kappa shape index (κ2) is 7.20. The van der Waals surface area contributed by atoms with Crippen LogP contribution in [0.25, 0.3) is 0 Å². The van der Waals surface area contributed by atoms with Crippen LogP contribution < -0.4 is 10.6 Å². The number of anilines is 1. The van der Waals surface area contributed by atoms with Gasteiger partial charge in [0.15, 0.2) is 0 Å². The van der Waals surface area contributed by atoms with Crippen molar-refractivity contribution >= 4 is 21.9 Å². The van der Waals surface area contributed by atoms with Gasteiger partial charge in [-0.1, -0.05) is 0 Å². The monoisotopic (exact) mass is 343 g/mol. The molecule has 0 radical (unpaired) electrons. The summed E-state index contributed by atoms with van der Waals surface area (Å²) >= 11 is 0. The smallest absolute Gasteiger partial charge is 0.254 e. The van der Waals surface area contributed by atoms with Crippen molar-refractivity contribution in [2.45, 2.75) is 6.04 Å². The zero-order valence-electron chi connectivity index (χ0n) is 13.3. The highest BCUT2D eigenvalue weighted by Gasteiger charge is 2.34. The average Bonchev–Trinajstić information content (AvgIpc) is 2.93. The highest BCUT2D eigenvalue weighted by atomic mass is 32.2. The minimum Gasteiger partial charge on any atom is -0.379 e. The molecule has 10 heteroatoms. The van der Waals surface area contributed by atoms with E-state index in [0.29, 0.717) is 18.1 Å². The van der Waals surface area contributed by atoms with E-state index < -0.39 is 10.0 Å². The van der Waals surface area contributed by atoms with Crippen molar-refractivity contribution < 1.29 is 17.9 Å². The van der Waals surface area contributed by atoms with E-state index >= 15 is 0 Å². The van der Waals surface area contributed by atoms with Crippen LogP contribution in [0.4, 0.5) is 5.95 Å². The molecular formula is C13H21N5O4S. The van der Waals surface area contributed by atoms with Crippen molar-refractivity contribution in [2.75, 3.05) is 45.4 Å². The van der Waals surface area contributed by atoms with Gasteiger partial charge in [0.05, 0.1) is 30.6 Å². The van der Waals surface area contributed by atoms with Gasteiger partial charge in [-0.15, -0.1) is 0 Å². The zero-order valence-corrected chi connectivity index (χ0v) is 14.1. The molecule has 2 heterocycles. The molecule has 0 aromatic carbocycles. The third-order valence-electron chi connectivity index (χ3n) is 3.63. The van der Waals surface area contributed by atoms with Crippen molar-refractivity contribution in [2.24, 2.45) is 5.92 Å². The lowest BCUT2D eigenvalue weighted by Crippen LogP contribution is -2.43. The van der Waals surface area contributed by atoms with Gasteiger partial charge in [0.1, 0.15) is 0 Å². The Hall–Kier alpha value is -1.78. The number of sulfonamides is 1. The fraction of sp³-hybridized carbons (Fsp3) is 0.615. The summed E-state index contributed by atoms with van der Waals surface area (Å²) in [6.07, 6.45) is 2.82. The van der Waals surface area contributed by atoms with Crippen LogP contribution in [-0.2, 0) is 14.8 Å². The molecule has 2 rings (SSSR count). The highest BCUT2D eigenvalue weighted by Crippen LogP contribution is 2.17. The first kappa shape index (κ1) is 17.6. The lowest BCUT2D eigenvalue weighted by molar-refractivity contribution is 0.0925. The number of hydrogen-bond acceptors (Lipinski definition) is 7. The molecule has 128 valence electrons. The molecule has 1 aromatic heterocycles. The topological polar surface area (TPSA) is 114 Å². The predicted octanol–water partition coefficient (Wildman–Crippen LogP) is -0.845. The first-order valence-corrected chi connectivity index (χ1v) is 8.73. The molecule has 1 aromatic rings. The van der Waals surface area contributed by atoms with Gasteiger partial charge in [0.2, 0.25) is 16.0 Å². The zero-order chi connectivity index (χ0) is 17.0. The second-order valence-electron chi connectivity index (χ2n) is 5.48. The number of nitrogens with zero attached hydrogens (tertiary/aromatic N) is 3. The van der Waals surface area contributed by atoms with E-state index in [1.54, 1.807) is 7.05 Å². The molecule has 1 amide bonds. The maximum absolute atomic E-state index is 12.2. The average molecular weight is 343 g/mol. The van der Waals surface area contributed by atoms with E-state index in [1.165, 1.54) is 30.8 Å². The van der Waals surface area contributed by atoms with E-state index in [9.17, 15) is 13.2 Å². The molecule has 9 nitrogen and oxygen atoms in total. The molecule has 0 saturated carbocycles. The fourth-order valence-electron chi connectivity index (χ4n) is 2.17. The van der Waals surface area contributed by atoms with Crippen molar-refractivity contribution in [3.63, 3.8) is 0 Å². The molecule has 0 aliphatic carbocycles. The Balaban J connectivity index is 2.01. The summed E-state index contributed by atoms with van der Waals surface area (Å²) in [4.78, 5) is 20.2. The first-order valence-electron chi connectivity index (χ1n) is 7.12. The maximum atomic E-state index is 12.2. The van der Waals surface area contributed by atoms with Gasteiger partial charge in [0, 0.05) is 39.5 Å². The molecule has 1 aliphatic heterocycles. The van der Waals surface area contributed by atoms with Crippen molar-refractivity contribution in [3.05, 3.63) is 18.0 Å². The summed E-state index contributed by atoms with van der Waals surface area (Å²) in [6, 6.07) is -0.360. The Labute approximate surface area is 135 Å². The summed E-state index contributed by atoms with van der Waals surface area (Å²) in [5.74, 6) is -0.292. The Morgan fingerprint density at radius 1 is 1.35 bits per heavy atom. The summed E-state index contributed by atoms with van der Waals surface area (Å²) in [6.45, 7) is 0.585. The number of hydrogen-bond donors (Lipinski definition) is 2. The SMILES string of the molecule is CNc1ncc(C(=O)N[C@H]2COC[C@H]2CS(=O)(=O)N(C)C)cn1. The van der Waals surface area contributed by atoms with E-state index in [-0.39, 0.29) is 30.2 Å². The van der Waals surface area contributed by atoms with Crippen molar-refractivity contribution in [1.82, 2.24) is 19.6 Å². The number of ether oxygens (including phenoxy) is 1. The Morgan fingerprint density at radius 2 is 2.00 bits per heavy atom. The van der Waals surface area contributed by atoms with Crippen LogP contribution in [0.3, 0.4) is 0 Å². The Kier molecular flexibility index (Phi) is 5.50. The van der Waals surface area contributed by atoms with Gasteiger partial charge in [0.25, 0.3) is 5.91 Å². The van der Waals surface area contributed by atoms with E-state index in [0.717, 1.165) is 0 Å². The van der Waals surface area contributed by atoms with Crippen LogP contribution in [0, 0.1) is 5.92 Å². The van der Waals surface area contributed by atoms with Gasteiger partial charge in [-0.05, 0) is 0 Å². The maximum Gasteiger partial charge on any atom is 0.254 e. The van der Waals surface area contributed by atoms with Crippen LogP contribution >= 0.6 is 0 Å². The Morgan fingerprint density at radius 3 is 2.57 bits per heavy atom. The highest BCUT2D eigenvalue weighted by molar-refractivity contribution is 7.89. The van der Waals surface area contributed by atoms with Crippen LogP contribution in [0.1, 0.15) is 10.4 Å². The molecule has 0 unspecified atom stereocenters. The molecule has 2 atom stereocenters. The third kappa shape index (κ3) is 4.36. The first-order chi connectivity index (χ1) is 10.8. The number of aromatic nitrogens is 2. The minimum atomic E-state index is -3.35. The van der Waals surface area contributed by atoms with E-state index in [2.05, 4.69) is 20.6 Å². The van der Waals surface area contributed by atoms with E-state index in [1.807, 2.05) is 0 Å². The van der Waals surface area contributed by atoms with Gasteiger partial charge in [-0.25, -0.2) is 22.7 Å². The number of carbonyl (C=O) groups is 1. The normalized spacial score (nSPS) is 21.4. The van der Waals surface area contributed by atoms with Crippen molar-refractivity contribution in [1.29, 1.82) is 0 Å². The molecular weight excluding hydrogens is 322 g/mol. The van der Waals surface area contributed by atoms with Crippen molar-refractivity contribution in [3.8, 4) is 0 Å². The van der Waals surface area contributed by atoms with Gasteiger partial charge in [-0.2, -0.15) is 0 Å². The summed E-state index contributed by atoms with van der Waals surface area (Å²) in [5.41, 5.74) is 0.310. The molecule has 1 saturated heterocycles. The van der Waals surface area contributed by atoms with Gasteiger partial charge >= 0.3 is 0 Å². The Bertz CT molecular complexity index is 647. The summed E-state index contributed by atoms with van der Waals surface area (Å²) in [5, 5.41) is 5.56. The summed E-state index contributed by atoms with van der Waals surface area (Å²) < 4.78 is 30.5. The lowest BCUT2D eigenvalue weighted by Gasteiger charge is -2.20. The molecule has 1 fully saturated rings. The number of rotatable bonds is 6. The quantitative estimate of drug-likeness (QED) is 0.692. The largest absolute Gasteiger partial charge is 0.379 e. The molecule has 0 spiro atoms. The third-order valence-corrected chi connectivity index (χ3v) is 5.60. The van der Waals surface area contributed by atoms with Gasteiger partial charge in [-0.3, -0.25) is 4.79 Å². The molecule has 0 bridgehead atoms. The minimum absolute atomic E-state index is 0.0693. The lowest BCUT2D eigenvalue weighted by atomic mass is 10.1. The van der Waals surface area contributed by atoms with Crippen LogP contribution in [0.2, 0.25) is 0 Å². The number of carbonyl (C=O) groups excluding carboxylic acids is 1. The van der Waals surface area contributed by atoms with Crippen LogP contribution in [0.5, 0.6) is 0 Å². The summed E-state index contributed by atoms with van der Waals surface area (Å²) in [7, 11) is 1.30. The van der Waals surface area contributed by atoms with Crippen LogP contribution in [0.15, 0.2) is 12.4 Å². The number of amides is 1. The standard InChI is InChI=1S/C13H21N5O4S/c1-14-13-15-4-9(5-16-13)12(19)17-11-7-22-6-10(11)8-23(20,21)18(2)3/h4-5,10-11H,6-8H2,1-3H3,(H,17,19)(H,14,15,16)/t10-,11-/m0/s1.